The molecule has 0 radical (unpaired) electrons. The molecule has 3 rings (SSSR count). The minimum absolute atomic E-state index is 0.0960. The van der Waals surface area contributed by atoms with Crippen molar-refractivity contribution in [2.24, 2.45) is 0 Å². The number of carbonyl (C=O) groups excluding carboxylic acids is 1. The van der Waals surface area contributed by atoms with E-state index in [0.717, 1.165) is 16.8 Å². The van der Waals surface area contributed by atoms with Crippen LogP contribution in [-0.4, -0.2) is 10.9 Å². The third-order valence-corrected chi connectivity index (χ3v) is 4.86. The molecule has 1 N–H and O–H groups in total. The number of carbonyl (C=O) groups is 1. The number of aryl methyl sites for hydroxylation is 3. The Hall–Kier alpha value is -2.59. The van der Waals surface area contributed by atoms with Gasteiger partial charge in [0.2, 0.25) is 5.91 Å². The number of aromatic nitrogens is 1. The van der Waals surface area contributed by atoms with Gasteiger partial charge in [-0.2, -0.15) is 0 Å². The average Bonchev–Trinajstić information content (AvgIpc) is 3.09. The topological polar surface area (TPSA) is 55.1 Å². The van der Waals surface area contributed by atoms with Crippen LogP contribution in [0.15, 0.2) is 47.0 Å². The second-order valence-electron chi connectivity index (χ2n) is 6.38. The largest absolute Gasteiger partial charge is 0.441 e. The van der Waals surface area contributed by atoms with Crippen molar-refractivity contribution >= 4 is 23.2 Å². The van der Waals surface area contributed by atoms with E-state index >= 15 is 0 Å². The first-order valence-corrected chi connectivity index (χ1v) is 8.89. The fourth-order valence-electron chi connectivity index (χ4n) is 2.63. The quantitative estimate of drug-likeness (QED) is 0.647. The van der Waals surface area contributed by atoms with E-state index in [1.807, 2.05) is 25.1 Å². The van der Waals surface area contributed by atoms with Gasteiger partial charge in [-0.15, -0.1) is 0 Å². The van der Waals surface area contributed by atoms with Crippen molar-refractivity contribution in [1.82, 2.24) is 4.98 Å². The van der Waals surface area contributed by atoms with Gasteiger partial charge in [-0.25, -0.2) is 4.98 Å². The molecule has 0 spiro atoms. The number of oxazole rings is 1. The maximum absolute atomic E-state index is 12.2. The number of nitrogens with one attached hydrogen (secondary N) is 1. The normalized spacial score (nSPS) is 10.8. The Morgan fingerprint density at radius 3 is 2.73 bits per heavy atom. The summed E-state index contributed by atoms with van der Waals surface area (Å²) in [7, 11) is 0. The number of amides is 1. The van der Waals surface area contributed by atoms with Gasteiger partial charge >= 0.3 is 0 Å². The van der Waals surface area contributed by atoms with E-state index in [0.29, 0.717) is 29.5 Å². The second-order valence-corrected chi connectivity index (χ2v) is 6.79. The number of halogens is 1. The maximum Gasteiger partial charge on any atom is 0.224 e. The van der Waals surface area contributed by atoms with Gasteiger partial charge in [-0.1, -0.05) is 29.8 Å². The van der Waals surface area contributed by atoms with Crippen molar-refractivity contribution in [2.75, 3.05) is 5.32 Å². The summed E-state index contributed by atoms with van der Waals surface area (Å²) in [6.07, 6.45) is 2.44. The van der Waals surface area contributed by atoms with Crippen LogP contribution < -0.4 is 5.32 Å². The first-order valence-electron chi connectivity index (χ1n) is 8.51. The van der Waals surface area contributed by atoms with Crippen LogP contribution in [0.2, 0.25) is 5.02 Å². The van der Waals surface area contributed by atoms with E-state index in [1.165, 1.54) is 11.1 Å². The zero-order valence-electron chi connectivity index (χ0n) is 15.1. The van der Waals surface area contributed by atoms with Crippen LogP contribution in [0.5, 0.6) is 0 Å². The molecule has 2 aromatic carbocycles. The van der Waals surface area contributed by atoms with E-state index in [9.17, 15) is 4.79 Å². The summed E-state index contributed by atoms with van der Waals surface area (Å²) in [6, 6.07) is 11.6. The SMILES string of the molecule is Cc1ccc(-c2cnc(CCC(=O)Nc3cccc(Cl)c3C)o2)cc1C. The summed E-state index contributed by atoms with van der Waals surface area (Å²) < 4.78 is 5.80. The fourth-order valence-corrected chi connectivity index (χ4v) is 2.80. The number of rotatable bonds is 5. The summed E-state index contributed by atoms with van der Waals surface area (Å²) in [6.45, 7) is 6.02. The average molecular weight is 369 g/mol. The Balaban J connectivity index is 1.61. The lowest BCUT2D eigenvalue weighted by molar-refractivity contribution is -0.116. The van der Waals surface area contributed by atoms with Crippen molar-refractivity contribution in [1.29, 1.82) is 0 Å². The molecule has 0 aliphatic carbocycles. The van der Waals surface area contributed by atoms with Crippen molar-refractivity contribution < 1.29 is 9.21 Å². The van der Waals surface area contributed by atoms with Crippen LogP contribution in [0, 0.1) is 20.8 Å². The molecule has 134 valence electrons. The smallest absolute Gasteiger partial charge is 0.224 e. The molecule has 0 atom stereocenters. The van der Waals surface area contributed by atoms with Gasteiger partial charge in [0, 0.05) is 29.1 Å². The molecule has 0 saturated heterocycles. The molecule has 1 amide bonds. The number of hydrogen-bond donors (Lipinski definition) is 1. The van der Waals surface area contributed by atoms with E-state index in [1.54, 1.807) is 12.3 Å². The van der Waals surface area contributed by atoms with Gasteiger partial charge in [0.15, 0.2) is 11.7 Å². The molecule has 0 aliphatic heterocycles. The molecule has 0 bridgehead atoms. The van der Waals surface area contributed by atoms with E-state index in [2.05, 4.69) is 36.3 Å². The lowest BCUT2D eigenvalue weighted by Crippen LogP contribution is -2.13. The number of hydrogen-bond acceptors (Lipinski definition) is 3. The molecule has 0 aliphatic rings. The molecule has 0 fully saturated rings. The highest BCUT2D eigenvalue weighted by molar-refractivity contribution is 6.31. The van der Waals surface area contributed by atoms with Gasteiger partial charge in [-0.3, -0.25) is 4.79 Å². The molecule has 26 heavy (non-hydrogen) atoms. The van der Waals surface area contributed by atoms with E-state index in [-0.39, 0.29) is 5.91 Å². The Morgan fingerprint density at radius 2 is 1.96 bits per heavy atom. The predicted molar refractivity (Wildman–Crippen MR) is 105 cm³/mol. The third-order valence-electron chi connectivity index (χ3n) is 4.45. The highest BCUT2D eigenvalue weighted by Gasteiger charge is 2.11. The van der Waals surface area contributed by atoms with E-state index < -0.39 is 0 Å². The van der Waals surface area contributed by atoms with Crippen LogP contribution >= 0.6 is 11.6 Å². The van der Waals surface area contributed by atoms with Crippen LogP contribution in [0.4, 0.5) is 5.69 Å². The third kappa shape index (κ3) is 4.14. The monoisotopic (exact) mass is 368 g/mol. The Kier molecular flexibility index (Phi) is 5.43. The zero-order valence-corrected chi connectivity index (χ0v) is 15.9. The van der Waals surface area contributed by atoms with Gasteiger partial charge in [-0.05, 0) is 55.7 Å². The van der Waals surface area contributed by atoms with Gasteiger partial charge in [0.1, 0.15) is 0 Å². The van der Waals surface area contributed by atoms with Gasteiger partial charge in [0.05, 0.1) is 6.20 Å². The van der Waals surface area contributed by atoms with Crippen molar-refractivity contribution in [3.63, 3.8) is 0 Å². The standard InChI is InChI=1S/C21H21ClN2O2/c1-13-7-8-16(11-14(13)2)19-12-23-21(26-19)10-9-20(25)24-18-6-4-5-17(22)15(18)3/h4-8,11-12H,9-10H2,1-3H3,(H,24,25). The van der Waals surface area contributed by atoms with Crippen molar-refractivity contribution in [2.45, 2.75) is 33.6 Å². The minimum Gasteiger partial charge on any atom is -0.441 e. The predicted octanol–water partition coefficient (Wildman–Crippen LogP) is 5.49. The summed E-state index contributed by atoms with van der Waals surface area (Å²) in [5, 5.41) is 3.51. The minimum atomic E-state index is -0.0960. The van der Waals surface area contributed by atoms with Crippen LogP contribution in [0.25, 0.3) is 11.3 Å². The molecule has 0 saturated carbocycles. The molecule has 1 aromatic heterocycles. The summed E-state index contributed by atoms with van der Waals surface area (Å²) in [4.78, 5) is 16.5. The Labute approximate surface area is 158 Å². The highest BCUT2D eigenvalue weighted by Crippen LogP contribution is 2.24. The first-order chi connectivity index (χ1) is 12.4. The van der Waals surface area contributed by atoms with Gasteiger partial charge < -0.3 is 9.73 Å². The molecular weight excluding hydrogens is 348 g/mol. The fraction of sp³-hybridized carbons (Fsp3) is 0.238. The molecule has 3 aromatic rings. The number of anilines is 1. The maximum atomic E-state index is 12.2. The summed E-state index contributed by atoms with van der Waals surface area (Å²) in [5.74, 6) is 1.17. The highest BCUT2D eigenvalue weighted by atomic mass is 35.5. The Morgan fingerprint density at radius 1 is 1.15 bits per heavy atom. The summed E-state index contributed by atoms with van der Waals surface area (Å²) in [5.41, 5.74) is 5.02. The molecule has 0 unspecified atom stereocenters. The second kappa shape index (κ2) is 7.75. The van der Waals surface area contributed by atoms with Crippen LogP contribution in [0.3, 0.4) is 0 Å². The van der Waals surface area contributed by atoms with Crippen molar-refractivity contribution in [3.8, 4) is 11.3 Å². The molecular formula is C21H21ClN2O2. The van der Waals surface area contributed by atoms with Gasteiger partial charge in [0.25, 0.3) is 0 Å². The Bertz CT molecular complexity index is 947. The lowest BCUT2D eigenvalue weighted by Gasteiger charge is -2.08. The summed E-state index contributed by atoms with van der Waals surface area (Å²) >= 11 is 6.08. The lowest BCUT2D eigenvalue weighted by atomic mass is 10.1. The number of nitrogens with zero attached hydrogens (tertiary/aromatic N) is 1. The van der Waals surface area contributed by atoms with Crippen LogP contribution in [0.1, 0.15) is 29.0 Å². The van der Waals surface area contributed by atoms with E-state index in [4.69, 9.17) is 16.0 Å². The van der Waals surface area contributed by atoms with Crippen molar-refractivity contribution in [3.05, 3.63) is 70.2 Å². The first kappa shape index (κ1) is 18.2. The molecule has 4 nitrogen and oxygen atoms in total. The molecule has 5 heteroatoms. The molecule has 1 heterocycles. The number of benzene rings is 2. The van der Waals surface area contributed by atoms with Crippen LogP contribution in [-0.2, 0) is 11.2 Å². The zero-order chi connectivity index (χ0) is 18.7.